The topological polar surface area (TPSA) is 27.7 Å². The Bertz CT molecular complexity index is 1570. The Hall–Kier alpha value is -2.51. The van der Waals surface area contributed by atoms with Crippen LogP contribution in [0.3, 0.4) is 0 Å². The van der Waals surface area contributed by atoms with Crippen molar-refractivity contribution in [2.24, 2.45) is 0 Å². The molecule has 4 rings (SSSR count). The van der Waals surface area contributed by atoms with Crippen LogP contribution in [0, 0.1) is 0 Å². The van der Waals surface area contributed by atoms with Crippen molar-refractivity contribution in [1.82, 2.24) is 0 Å². The second-order valence-corrected chi connectivity index (χ2v) is 21.3. The molecule has 0 saturated heterocycles. The van der Waals surface area contributed by atoms with Crippen LogP contribution in [-0.2, 0) is 32.5 Å². The fourth-order valence-electron chi connectivity index (χ4n) is 6.24. The second-order valence-electron chi connectivity index (χ2n) is 20.3. The van der Waals surface area contributed by atoms with Crippen LogP contribution in [0.15, 0.2) is 42.5 Å². The molecule has 0 bridgehead atoms. The van der Waals surface area contributed by atoms with Crippen LogP contribution < -0.4 is 13.6 Å². The molecule has 0 amide bonds. The maximum atomic E-state index is 7.14. The van der Waals surface area contributed by atoms with Crippen molar-refractivity contribution >= 4 is 8.60 Å². The van der Waals surface area contributed by atoms with E-state index in [0.29, 0.717) is 0 Å². The third-order valence-electron chi connectivity index (χ3n) is 9.67. The van der Waals surface area contributed by atoms with Crippen molar-refractivity contribution < 1.29 is 13.6 Å². The van der Waals surface area contributed by atoms with Gasteiger partial charge in [0.25, 0.3) is 0 Å². The van der Waals surface area contributed by atoms with E-state index in [2.05, 4.69) is 174 Å². The molecule has 1 aliphatic heterocycles. The molecule has 0 atom stereocenters. The molecule has 1 heterocycles. The molecule has 0 spiro atoms. The van der Waals surface area contributed by atoms with Crippen molar-refractivity contribution in [3.63, 3.8) is 0 Å². The lowest BCUT2D eigenvalue weighted by atomic mass is 9.74. The van der Waals surface area contributed by atoms with Gasteiger partial charge in [0.2, 0.25) is 0 Å². The molecule has 264 valence electrons. The van der Waals surface area contributed by atoms with Gasteiger partial charge in [-0.1, -0.05) is 168 Å². The van der Waals surface area contributed by atoms with Crippen LogP contribution in [0.1, 0.15) is 182 Å². The van der Waals surface area contributed by atoms with Gasteiger partial charge in [0.15, 0.2) is 0 Å². The zero-order valence-electron chi connectivity index (χ0n) is 33.8. The van der Waals surface area contributed by atoms with Gasteiger partial charge in [-0.05, 0) is 55.2 Å². The highest BCUT2D eigenvalue weighted by atomic mass is 31.2. The van der Waals surface area contributed by atoms with Gasteiger partial charge in [-0.25, -0.2) is 0 Å². The highest BCUT2D eigenvalue weighted by Crippen LogP contribution is 2.56. The highest BCUT2D eigenvalue weighted by Gasteiger charge is 2.39. The predicted octanol–water partition coefficient (Wildman–Crippen LogP) is 13.7. The standard InChI is InChI=1S/C44H65O3P/c1-27-31-22-29(40(5,6)7)25-34(43(14,15)16)37(31)46-48(45-36-21-20-28(39(2,3)4)24-33(36)42(11,12)13)47-38-32(27)23-30(41(8,9)10)26-35(38)44(17,18)19/h20-27H,1-19H3. The fourth-order valence-corrected chi connectivity index (χ4v) is 7.38. The number of hydrogen-bond donors (Lipinski definition) is 0. The maximum absolute atomic E-state index is 7.14. The first-order valence-electron chi connectivity index (χ1n) is 17.9. The minimum atomic E-state index is -1.89. The lowest BCUT2D eigenvalue weighted by molar-refractivity contribution is 0.362. The average molecular weight is 673 g/mol. The quantitative estimate of drug-likeness (QED) is 0.254. The third-order valence-corrected chi connectivity index (χ3v) is 10.7. The summed E-state index contributed by atoms with van der Waals surface area (Å²) in [6.07, 6.45) is 0. The van der Waals surface area contributed by atoms with Gasteiger partial charge in [-0.15, -0.1) is 0 Å². The molecule has 48 heavy (non-hydrogen) atoms. The molecule has 4 heteroatoms. The fraction of sp³-hybridized carbons (Fsp3) is 0.591. The third kappa shape index (κ3) is 8.09. The van der Waals surface area contributed by atoms with Crippen molar-refractivity contribution in [2.45, 2.75) is 170 Å². The summed E-state index contributed by atoms with van der Waals surface area (Å²) in [6.45, 7) is 43.3. The second kappa shape index (κ2) is 12.4. The van der Waals surface area contributed by atoms with E-state index >= 15 is 0 Å². The molecule has 0 aliphatic carbocycles. The molecule has 3 nitrogen and oxygen atoms in total. The van der Waals surface area contributed by atoms with Gasteiger partial charge >= 0.3 is 8.60 Å². The first-order chi connectivity index (χ1) is 21.5. The Labute approximate surface area is 295 Å². The van der Waals surface area contributed by atoms with Crippen LogP contribution in [0.4, 0.5) is 0 Å². The SMILES string of the molecule is CC1c2cc(C(C)(C)C)cc(C(C)(C)C)c2OP(Oc2ccc(C(C)(C)C)cc2C(C)(C)C)Oc2c1cc(C(C)(C)C)cc2C(C)(C)C. The largest absolute Gasteiger partial charge is 0.530 e. The van der Waals surface area contributed by atoms with E-state index in [1.807, 2.05) is 0 Å². The minimum Gasteiger partial charge on any atom is -0.408 e. The van der Waals surface area contributed by atoms with Gasteiger partial charge in [0.1, 0.15) is 17.2 Å². The molecule has 0 aromatic heterocycles. The summed E-state index contributed by atoms with van der Waals surface area (Å²) in [5.41, 5.74) is 9.29. The van der Waals surface area contributed by atoms with Crippen LogP contribution in [0.25, 0.3) is 0 Å². The molecular weight excluding hydrogens is 607 g/mol. The van der Waals surface area contributed by atoms with Crippen molar-refractivity contribution in [3.8, 4) is 17.2 Å². The summed E-state index contributed by atoms with van der Waals surface area (Å²) in [6, 6.07) is 16.1. The van der Waals surface area contributed by atoms with Crippen molar-refractivity contribution in [1.29, 1.82) is 0 Å². The number of benzene rings is 3. The van der Waals surface area contributed by atoms with Gasteiger partial charge in [0.05, 0.1) is 0 Å². The van der Waals surface area contributed by atoms with Gasteiger partial charge in [-0.2, -0.15) is 0 Å². The maximum Gasteiger partial charge on any atom is 0.530 e. The molecule has 0 N–H and O–H groups in total. The van der Waals surface area contributed by atoms with Crippen LogP contribution >= 0.6 is 8.60 Å². The van der Waals surface area contributed by atoms with Gasteiger partial charge < -0.3 is 13.6 Å². The summed E-state index contributed by atoms with van der Waals surface area (Å²) >= 11 is 0. The Morgan fingerprint density at radius 2 is 0.812 bits per heavy atom. The van der Waals surface area contributed by atoms with Crippen molar-refractivity contribution in [2.75, 3.05) is 0 Å². The molecule has 3 aromatic rings. The van der Waals surface area contributed by atoms with E-state index in [-0.39, 0.29) is 38.4 Å². The zero-order valence-corrected chi connectivity index (χ0v) is 34.7. The van der Waals surface area contributed by atoms with Crippen LogP contribution in [0.5, 0.6) is 17.2 Å². The molecule has 0 unspecified atom stereocenters. The summed E-state index contributed by atoms with van der Waals surface area (Å²) in [7, 11) is -1.89. The summed E-state index contributed by atoms with van der Waals surface area (Å²) < 4.78 is 21.3. The van der Waals surface area contributed by atoms with E-state index in [4.69, 9.17) is 13.6 Å². The van der Waals surface area contributed by atoms with E-state index in [0.717, 1.165) is 22.8 Å². The molecule has 0 saturated carbocycles. The molecule has 0 radical (unpaired) electrons. The monoisotopic (exact) mass is 672 g/mol. The Kier molecular flexibility index (Phi) is 9.87. The molecule has 1 aliphatic rings. The van der Waals surface area contributed by atoms with E-state index in [9.17, 15) is 0 Å². The number of rotatable bonds is 2. The van der Waals surface area contributed by atoms with Gasteiger partial charge in [0, 0.05) is 33.7 Å². The van der Waals surface area contributed by atoms with Crippen LogP contribution in [-0.4, -0.2) is 0 Å². The predicted molar refractivity (Wildman–Crippen MR) is 208 cm³/mol. The first-order valence-corrected chi connectivity index (χ1v) is 19.0. The van der Waals surface area contributed by atoms with Crippen LogP contribution in [0.2, 0.25) is 0 Å². The average Bonchev–Trinajstić information content (AvgIpc) is 2.88. The Morgan fingerprint density at radius 1 is 0.458 bits per heavy atom. The first kappa shape index (κ1) is 38.3. The molecular formula is C44H65O3P. The van der Waals surface area contributed by atoms with E-state index < -0.39 is 8.60 Å². The number of hydrogen-bond acceptors (Lipinski definition) is 3. The Balaban J connectivity index is 2.10. The lowest BCUT2D eigenvalue weighted by Gasteiger charge is -2.36. The molecule has 0 fully saturated rings. The highest BCUT2D eigenvalue weighted by molar-refractivity contribution is 7.43. The summed E-state index contributed by atoms with van der Waals surface area (Å²) in [5, 5.41) is 0. The Morgan fingerprint density at radius 3 is 1.15 bits per heavy atom. The normalized spacial score (nSPS) is 17.8. The minimum absolute atomic E-state index is 0.0177. The zero-order chi connectivity index (χ0) is 36.6. The van der Waals surface area contributed by atoms with E-state index in [1.54, 1.807) is 0 Å². The van der Waals surface area contributed by atoms with Crippen molar-refractivity contribution in [3.05, 3.63) is 87.0 Å². The smallest absolute Gasteiger partial charge is 0.408 e. The summed E-state index contributed by atoms with van der Waals surface area (Å²) in [5.74, 6) is 2.63. The van der Waals surface area contributed by atoms with E-state index in [1.165, 1.54) is 38.9 Å². The molecule has 3 aromatic carbocycles. The number of fused-ring (bicyclic) bond motifs is 2. The summed E-state index contributed by atoms with van der Waals surface area (Å²) in [4.78, 5) is 0. The lowest BCUT2D eigenvalue weighted by Crippen LogP contribution is -2.24. The van der Waals surface area contributed by atoms with Gasteiger partial charge in [-0.3, -0.25) is 0 Å².